The molecule has 31 heavy (non-hydrogen) atoms. The van der Waals surface area contributed by atoms with Gasteiger partial charge in [-0.1, -0.05) is 41.4 Å². The van der Waals surface area contributed by atoms with Crippen molar-refractivity contribution in [3.63, 3.8) is 0 Å². The summed E-state index contributed by atoms with van der Waals surface area (Å²) in [6.45, 7) is 6.59. The number of nitrogens with one attached hydrogen (secondary N) is 2. The van der Waals surface area contributed by atoms with E-state index in [2.05, 4.69) is 27.4 Å². The van der Waals surface area contributed by atoms with Gasteiger partial charge in [0.05, 0.1) is 10.7 Å². The molecular weight excluding hydrogens is 412 g/mol. The zero-order valence-electron chi connectivity index (χ0n) is 17.6. The van der Waals surface area contributed by atoms with Crippen molar-refractivity contribution in [3.8, 4) is 0 Å². The van der Waals surface area contributed by atoms with Crippen LogP contribution < -0.4 is 15.5 Å². The van der Waals surface area contributed by atoms with Crippen molar-refractivity contribution in [1.29, 1.82) is 0 Å². The molecule has 1 fully saturated rings. The maximum Gasteiger partial charge on any atom is 0.322 e. The highest BCUT2D eigenvalue weighted by molar-refractivity contribution is 6.33. The summed E-state index contributed by atoms with van der Waals surface area (Å²) in [5.41, 5.74) is 3.66. The Hall–Kier alpha value is -3.32. The van der Waals surface area contributed by atoms with Crippen LogP contribution in [-0.2, 0) is 0 Å². The summed E-state index contributed by atoms with van der Waals surface area (Å²) in [5, 5.41) is 6.69. The van der Waals surface area contributed by atoms with Crippen LogP contribution >= 0.6 is 11.6 Å². The molecule has 2 N–H and O–H groups in total. The van der Waals surface area contributed by atoms with Crippen LogP contribution in [-0.4, -0.2) is 47.1 Å². The maximum absolute atomic E-state index is 12.6. The summed E-state index contributed by atoms with van der Waals surface area (Å²) in [7, 11) is 0. The standard InChI is InChI=1S/C23H25ClN6O/c1-16-7-9-18(10-8-16)26-22-25-17(2)15-21(28-22)29-11-13-30(14-12-29)23(31)27-20-6-4-3-5-19(20)24/h3-10,15H,11-14H2,1-2H3,(H,27,31)(H,25,26,28). The summed E-state index contributed by atoms with van der Waals surface area (Å²) >= 11 is 6.14. The lowest BCUT2D eigenvalue weighted by atomic mass is 10.2. The van der Waals surface area contributed by atoms with Crippen molar-refractivity contribution < 1.29 is 4.79 Å². The fraction of sp³-hybridized carbons (Fsp3) is 0.261. The van der Waals surface area contributed by atoms with E-state index in [1.165, 1.54) is 5.56 Å². The van der Waals surface area contributed by atoms with E-state index in [4.69, 9.17) is 16.6 Å². The minimum absolute atomic E-state index is 0.145. The van der Waals surface area contributed by atoms with Crippen LogP contribution in [0.2, 0.25) is 5.02 Å². The first-order valence-electron chi connectivity index (χ1n) is 10.2. The second kappa shape index (κ2) is 9.22. The average Bonchev–Trinajstić information content (AvgIpc) is 2.77. The van der Waals surface area contributed by atoms with Crippen molar-refractivity contribution in [2.24, 2.45) is 0 Å². The second-order valence-corrected chi connectivity index (χ2v) is 7.97. The molecule has 2 amide bonds. The number of rotatable bonds is 4. The normalized spacial score (nSPS) is 13.8. The Morgan fingerprint density at radius 3 is 2.39 bits per heavy atom. The number of halogens is 1. The van der Waals surface area contributed by atoms with E-state index in [0.29, 0.717) is 42.8 Å². The second-order valence-electron chi connectivity index (χ2n) is 7.57. The number of para-hydroxylation sites is 1. The molecule has 0 saturated carbocycles. The van der Waals surface area contributed by atoms with Gasteiger partial charge in [-0.15, -0.1) is 0 Å². The van der Waals surface area contributed by atoms with E-state index in [-0.39, 0.29) is 6.03 Å². The monoisotopic (exact) mass is 436 g/mol. The molecule has 2 heterocycles. The molecule has 7 nitrogen and oxygen atoms in total. The average molecular weight is 437 g/mol. The number of hydrogen-bond donors (Lipinski definition) is 2. The van der Waals surface area contributed by atoms with Gasteiger partial charge in [0, 0.05) is 43.6 Å². The number of anilines is 4. The van der Waals surface area contributed by atoms with E-state index < -0.39 is 0 Å². The quantitative estimate of drug-likeness (QED) is 0.611. The van der Waals surface area contributed by atoms with Crippen molar-refractivity contribution in [3.05, 3.63) is 70.9 Å². The SMILES string of the molecule is Cc1ccc(Nc2nc(C)cc(N3CCN(C(=O)Nc4ccccc4Cl)CC3)n2)cc1. The highest BCUT2D eigenvalue weighted by Crippen LogP contribution is 2.22. The minimum Gasteiger partial charge on any atom is -0.353 e. The molecule has 1 aliphatic heterocycles. The smallest absolute Gasteiger partial charge is 0.322 e. The summed E-state index contributed by atoms with van der Waals surface area (Å²) in [6, 6.07) is 17.2. The van der Waals surface area contributed by atoms with E-state index in [1.54, 1.807) is 17.0 Å². The first kappa shape index (κ1) is 20.9. The third-order valence-corrected chi connectivity index (χ3v) is 5.48. The molecule has 8 heteroatoms. The van der Waals surface area contributed by atoms with E-state index >= 15 is 0 Å². The van der Waals surface area contributed by atoms with Crippen molar-refractivity contribution in [2.75, 3.05) is 41.7 Å². The molecule has 0 radical (unpaired) electrons. The fourth-order valence-electron chi connectivity index (χ4n) is 3.43. The third-order valence-electron chi connectivity index (χ3n) is 5.15. The first-order chi connectivity index (χ1) is 15.0. The molecule has 0 unspecified atom stereocenters. The van der Waals surface area contributed by atoms with E-state index in [9.17, 15) is 4.79 Å². The molecule has 3 aromatic rings. The predicted octanol–water partition coefficient (Wildman–Crippen LogP) is 4.84. The van der Waals surface area contributed by atoms with Gasteiger partial charge in [-0.25, -0.2) is 9.78 Å². The molecule has 0 bridgehead atoms. The molecule has 160 valence electrons. The number of benzene rings is 2. The highest BCUT2D eigenvalue weighted by Gasteiger charge is 2.23. The maximum atomic E-state index is 12.6. The number of carbonyl (C=O) groups is 1. The van der Waals surface area contributed by atoms with E-state index in [0.717, 1.165) is 17.2 Å². The molecule has 2 aromatic carbocycles. The van der Waals surface area contributed by atoms with Gasteiger partial charge in [0.25, 0.3) is 0 Å². The van der Waals surface area contributed by atoms with Crippen molar-refractivity contribution >= 4 is 40.8 Å². The first-order valence-corrected chi connectivity index (χ1v) is 10.6. The van der Waals surface area contributed by atoms with Crippen LogP contribution in [0.25, 0.3) is 0 Å². The Morgan fingerprint density at radius 2 is 1.68 bits per heavy atom. The van der Waals surface area contributed by atoms with Gasteiger partial charge in [0.15, 0.2) is 0 Å². The Balaban J connectivity index is 1.39. The molecule has 1 aliphatic rings. The molecule has 0 spiro atoms. The number of nitrogens with zero attached hydrogens (tertiary/aromatic N) is 4. The molecule has 4 rings (SSSR count). The van der Waals surface area contributed by atoms with Gasteiger partial charge in [-0.05, 0) is 38.1 Å². The van der Waals surface area contributed by atoms with Gasteiger partial charge in [0.2, 0.25) is 5.95 Å². The third kappa shape index (κ3) is 5.24. The minimum atomic E-state index is -0.145. The molecule has 0 aliphatic carbocycles. The number of hydrogen-bond acceptors (Lipinski definition) is 5. The summed E-state index contributed by atoms with van der Waals surface area (Å²) < 4.78 is 0. The largest absolute Gasteiger partial charge is 0.353 e. The molecule has 1 aromatic heterocycles. The summed E-state index contributed by atoms with van der Waals surface area (Å²) in [5.74, 6) is 1.42. The molecule has 1 saturated heterocycles. The number of aryl methyl sites for hydroxylation is 2. The summed E-state index contributed by atoms with van der Waals surface area (Å²) in [6.07, 6.45) is 0. The van der Waals surface area contributed by atoms with Crippen LogP contribution in [0, 0.1) is 13.8 Å². The lowest BCUT2D eigenvalue weighted by Gasteiger charge is -2.35. The molecule has 0 atom stereocenters. The summed E-state index contributed by atoms with van der Waals surface area (Å²) in [4.78, 5) is 25.8. The lowest BCUT2D eigenvalue weighted by molar-refractivity contribution is 0.208. The molecular formula is C23H25ClN6O. The van der Waals surface area contributed by atoms with Crippen LogP contribution in [0.4, 0.5) is 27.9 Å². The number of aromatic nitrogens is 2. The van der Waals surface area contributed by atoms with Gasteiger partial charge >= 0.3 is 6.03 Å². The topological polar surface area (TPSA) is 73.4 Å². The van der Waals surface area contributed by atoms with Gasteiger partial charge < -0.3 is 20.4 Å². The van der Waals surface area contributed by atoms with Crippen LogP contribution in [0.15, 0.2) is 54.6 Å². The highest BCUT2D eigenvalue weighted by atomic mass is 35.5. The Morgan fingerprint density at radius 1 is 0.968 bits per heavy atom. The predicted molar refractivity (Wildman–Crippen MR) is 125 cm³/mol. The fourth-order valence-corrected chi connectivity index (χ4v) is 3.61. The van der Waals surface area contributed by atoms with Gasteiger partial charge in [-0.2, -0.15) is 4.98 Å². The zero-order valence-corrected chi connectivity index (χ0v) is 18.4. The number of urea groups is 1. The number of amides is 2. The Kier molecular flexibility index (Phi) is 6.23. The Bertz CT molecular complexity index is 1060. The number of carbonyl (C=O) groups excluding carboxylic acids is 1. The van der Waals surface area contributed by atoms with Crippen molar-refractivity contribution in [1.82, 2.24) is 14.9 Å². The van der Waals surface area contributed by atoms with Crippen LogP contribution in [0.1, 0.15) is 11.3 Å². The Labute approximate surface area is 187 Å². The van der Waals surface area contributed by atoms with Gasteiger partial charge in [-0.3, -0.25) is 0 Å². The van der Waals surface area contributed by atoms with Crippen LogP contribution in [0.5, 0.6) is 0 Å². The lowest BCUT2D eigenvalue weighted by Crippen LogP contribution is -2.50. The van der Waals surface area contributed by atoms with Crippen LogP contribution in [0.3, 0.4) is 0 Å². The van der Waals surface area contributed by atoms with Gasteiger partial charge in [0.1, 0.15) is 5.82 Å². The van der Waals surface area contributed by atoms with E-state index in [1.807, 2.05) is 49.4 Å². The zero-order chi connectivity index (χ0) is 21.8. The van der Waals surface area contributed by atoms with Crippen molar-refractivity contribution in [2.45, 2.75) is 13.8 Å². The number of piperazine rings is 1.